The summed E-state index contributed by atoms with van der Waals surface area (Å²) in [5.41, 5.74) is 1.21. The highest BCUT2D eigenvalue weighted by Crippen LogP contribution is 2.46. The van der Waals surface area contributed by atoms with E-state index in [4.69, 9.17) is 4.74 Å². The number of nitrogens with zero attached hydrogens (tertiary/aromatic N) is 3. The predicted octanol–water partition coefficient (Wildman–Crippen LogP) is 2.24. The van der Waals surface area contributed by atoms with Crippen LogP contribution in [0.4, 0.5) is 0 Å². The monoisotopic (exact) mass is 303 g/mol. The smallest absolute Gasteiger partial charge is 0.246 e. The number of aromatic nitrogens is 2. The Balaban J connectivity index is 1.56. The maximum Gasteiger partial charge on any atom is 0.246 e. The molecule has 1 aromatic heterocycles. The summed E-state index contributed by atoms with van der Waals surface area (Å²) >= 11 is 0. The molecule has 5 nitrogen and oxygen atoms in total. The number of hydrogen-bond acceptors (Lipinski definition) is 3. The summed E-state index contributed by atoms with van der Waals surface area (Å²) in [5.74, 6) is 0.0919. The predicted molar refractivity (Wildman–Crippen MR) is 85.1 cm³/mol. The van der Waals surface area contributed by atoms with Gasteiger partial charge in [-0.3, -0.25) is 9.48 Å². The molecular weight excluding hydrogens is 278 g/mol. The molecule has 0 N–H and O–H groups in total. The lowest BCUT2D eigenvalue weighted by Gasteiger charge is -2.38. The molecule has 1 aromatic rings. The van der Waals surface area contributed by atoms with Gasteiger partial charge in [-0.25, -0.2) is 0 Å². The Labute approximate surface area is 131 Å². The second-order valence-electron chi connectivity index (χ2n) is 7.26. The molecule has 0 saturated carbocycles. The summed E-state index contributed by atoms with van der Waals surface area (Å²) in [6, 6.07) is 1.90. The van der Waals surface area contributed by atoms with E-state index in [1.54, 1.807) is 17.0 Å². The highest BCUT2D eigenvalue weighted by atomic mass is 16.5. The number of aryl methyl sites for hydroxylation is 1. The van der Waals surface area contributed by atoms with Crippen LogP contribution in [0.5, 0.6) is 0 Å². The van der Waals surface area contributed by atoms with E-state index in [1.807, 2.05) is 24.1 Å². The zero-order valence-corrected chi connectivity index (χ0v) is 13.7. The van der Waals surface area contributed by atoms with E-state index in [2.05, 4.69) is 18.9 Å². The highest BCUT2D eigenvalue weighted by Gasteiger charge is 2.46. The van der Waals surface area contributed by atoms with Gasteiger partial charge >= 0.3 is 0 Å². The number of carbonyl (C=O) groups is 1. The number of ether oxygens (including phenoxy) is 1. The van der Waals surface area contributed by atoms with Crippen LogP contribution in [0.3, 0.4) is 0 Å². The molecule has 0 aliphatic carbocycles. The SMILES string of the molecule is Cn1nccc1/C=C/C(=O)N1CCC2(CC1)COC(C)(C)C2. The molecule has 1 amide bonds. The summed E-state index contributed by atoms with van der Waals surface area (Å²) in [5, 5.41) is 4.10. The summed E-state index contributed by atoms with van der Waals surface area (Å²) in [7, 11) is 1.87. The molecule has 22 heavy (non-hydrogen) atoms. The van der Waals surface area contributed by atoms with E-state index >= 15 is 0 Å². The Morgan fingerprint density at radius 1 is 1.36 bits per heavy atom. The summed E-state index contributed by atoms with van der Waals surface area (Å²) in [6.45, 7) is 6.82. The second-order valence-corrected chi connectivity index (χ2v) is 7.26. The van der Waals surface area contributed by atoms with Crippen LogP contribution >= 0.6 is 0 Å². The van der Waals surface area contributed by atoms with Gasteiger partial charge in [0.15, 0.2) is 0 Å². The average Bonchev–Trinajstić information content (AvgIpc) is 3.01. The zero-order valence-electron chi connectivity index (χ0n) is 13.7. The molecule has 2 aliphatic rings. The van der Waals surface area contributed by atoms with E-state index in [0.29, 0.717) is 0 Å². The van der Waals surface area contributed by atoms with Gasteiger partial charge in [-0.15, -0.1) is 0 Å². The number of rotatable bonds is 2. The molecule has 3 heterocycles. The first kappa shape index (κ1) is 15.3. The van der Waals surface area contributed by atoms with E-state index in [1.165, 1.54) is 0 Å². The minimum atomic E-state index is -0.00832. The van der Waals surface area contributed by atoms with Crippen LogP contribution in [0.15, 0.2) is 18.3 Å². The van der Waals surface area contributed by atoms with E-state index in [0.717, 1.165) is 44.7 Å². The normalized spacial score (nSPS) is 23.5. The molecule has 0 bridgehead atoms. The van der Waals surface area contributed by atoms with Gasteiger partial charge in [0.2, 0.25) is 5.91 Å². The molecule has 1 spiro atoms. The van der Waals surface area contributed by atoms with Gasteiger partial charge in [0.1, 0.15) is 0 Å². The van der Waals surface area contributed by atoms with Crippen LogP contribution in [-0.4, -0.2) is 45.9 Å². The molecule has 0 unspecified atom stereocenters. The van der Waals surface area contributed by atoms with Gasteiger partial charge in [0.25, 0.3) is 0 Å². The fraction of sp³-hybridized carbons (Fsp3) is 0.647. The van der Waals surface area contributed by atoms with Crippen LogP contribution in [0.1, 0.15) is 38.8 Å². The molecule has 0 radical (unpaired) electrons. The van der Waals surface area contributed by atoms with Crippen molar-refractivity contribution < 1.29 is 9.53 Å². The largest absolute Gasteiger partial charge is 0.375 e. The fourth-order valence-corrected chi connectivity index (χ4v) is 3.69. The van der Waals surface area contributed by atoms with Crippen LogP contribution < -0.4 is 0 Å². The van der Waals surface area contributed by atoms with Gasteiger partial charge < -0.3 is 9.64 Å². The van der Waals surface area contributed by atoms with Crippen LogP contribution in [0, 0.1) is 5.41 Å². The van der Waals surface area contributed by atoms with Crippen molar-refractivity contribution >= 4 is 12.0 Å². The summed E-state index contributed by atoms with van der Waals surface area (Å²) in [6.07, 6.45) is 8.42. The summed E-state index contributed by atoms with van der Waals surface area (Å²) < 4.78 is 7.67. The van der Waals surface area contributed by atoms with E-state index in [-0.39, 0.29) is 16.9 Å². The number of likely N-dealkylation sites (tertiary alicyclic amines) is 1. The third-order valence-electron chi connectivity index (χ3n) is 4.96. The maximum atomic E-state index is 12.3. The summed E-state index contributed by atoms with van der Waals surface area (Å²) in [4.78, 5) is 14.3. The van der Waals surface area contributed by atoms with Crippen molar-refractivity contribution in [2.24, 2.45) is 12.5 Å². The van der Waals surface area contributed by atoms with Crippen molar-refractivity contribution in [1.82, 2.24) is 14.7 Å². The molecule has 3 rings (SSSR count). The Morgan fingerprint density at radius 3 is 2.64 bits per heavy atom. The number of amides is 1. The minimum absolute atomic E-state index is 0.00832. The van der Waals surface area contributed by atoms with Gasteiger partial charge in [0.05, 0.1) is 17.9 Å². The number of piperidine rings is 1. The Bertz CT molecular complexity index is 580. The molecule has 2 saturated heterocycles. The molecular formula is C17H25N3O2. The minimum Gasteiger partial charge on any atom is -0.375 e. The first-order valence-corrected chi connectivity index (χ1v) is 7.98. The topological polar surface area (TPSA) is 47.4 Å². The molecule has 2 fully saturated rings. The van der Waals surface area contributed by atoms with Crippen LogP contribution in [0.25, 0.3) is 6.08 Å². The second kappa shape index (κ2) is 5.54. The first-order valence-electron chi connectivity index (χ1n) is 7.98. The third kappa shape index (κ3) is 3.09. The van der Waals surface area contributed by atoms with Gasteiger partial charge in [-0.2, -0.15) is 5.10 Å². The number of hydrogen-bond donors (Lipinski definition) is 0. The lowest BCUT2D eigenvalue weighted by atomic mass is 9.74. The van der Waals surface area contributed by atoms with Crippen molar-refractivity contribution in [3.05, 3.63) is 24.0 Å². The molecule has 5 heteroatoms. The van der Waals surface area contributed by atoms with Crippen molar-refractivity contribution in [1.29, 1.82) is 0 Å². The van der Waals surface area contributed by atoms with E-state index < -0.39 is 0 Å². The Kier molecular flexibility index (Phi) is 3.85. The van der Waals surface area contributed by atoms with Crippen LogP contribution in [-0.2, 0) is 16.6 Å². The lowest BCUT2D eigenvalue weighted by Crippen LogP contribution is -2.43. The van der Waals surface area contributed by atoms with Gasteiger partial charge in [-0.05, 0) is 50.7 Å². The van der Waals surface area contributed by atoms with Crippen molar-refractivity contribution in [3.8, 4) is 0 Å². The van der Waals surface area contributed by atoms with Crippen molar-refractivity contribution in [2.45, 2.75) is 38.7 Å². The van der Waals surface area contributed by atoms with Crippen LogP contribution in [0.2, 0.25) is 0 Å². The molecule has 2 aliphatic heterocycles. The first-order chi connectivity index (χ1) is 10.4. The van der Waals surface area contributed by atoms with E-state index in [9.17, 15) is 4.79 Å². The highest BCUT2D eigenvalue weighted by molar-refractivity contribution is 5.91. The third-order valence-corrected chi connectivity index (χ3v) is 4.96. The van der Waals surface area contributed by atoms with Crippen molar-refractivity contribution in [3.63, 3.8) is 0 Å². The lowest BCUT2D eigenvalue weighted by molar-refractivity contribution is -0.128. The molecule has 0 atom stereocenters. The van der Waals surface area contributed by atoms with Crippen molar-refractivity contribution in [2.75, 3.05) is 19.7 Å². The molecule has 120 valence electrons. The average molecular weight is 303 g/mol. The number of carbonyl (C=O) groups excluding carboxylic acids is 1. The molecule has 0 aromatic carbocycles. The fourth-order valence-electron chi connectivity index (χ4n) is 3.69. The quantitative estimate of drug-likeness (QED) is 0.787. The van der Waals surface area contributed by atoms with Gasteiger partial charge in [-0.1, -0.05) is 0 Å². The van der Waals surface area contributed by atoms with Gasteiger partial charge in [0, 0.05) is 32.4 Å². The standard InChI is InChI=1S/C17H25N3O2/c1-16(2)12-17(13-22-16)7-10-20(11-8-17)15(21)5-4-14-6-9-18-19(14)3/h4-6,9H,7-8,10-13H2,1-3H3/b5-4+. The zero-order chi connectivity index (χ0) is 15.8. The Morgan fingerprint density at radius 2 is 2.09 bits per heavy atom. The Hall–Kier alpha value is -1.62. The maximum absolute atomic E-state index is 12.3.